The Balaban J connectivity index is 1.64. The number of amides is 1. The first-order valence-electron chi connectivity index (χ1n) is 9.50. The van der Waals surface area contributed by atoms with Gasteiger partial charge in [0.15, 0.2) is 5.58 Å². The third-order valence-electron chi connectivity index (χ3n) is 5.23. The topological polar surface area (TPSA) is 97.3 Å². The van der Waals surface area contributed by atoms with Gasteiger partial charge in [-0.2, -0.15) is 13.2 Å². The van der Waals surface area contributed by atoms with Gasteiger partial charge < -0.3 is 20.4 Å². The maximum atomic E-state index is 13.3. The standard InChI is InChI=1S/C20H19ClF3N5O2/c1-10-17(18-16(31-10)5-12(21)6-27-18)19(30)28-14-7-26-3-2-15(14)29-8-11(20(22,23)24)4-13(25)9-29/h2-3,5-7,11,13H,4,8-9,25H2,1H3,(H,28,30). The highest BCUT2D eigenvalue weighted by atomic mass is 35.5. The van der Waals surface area contributed by atoms with Gasteiger partial charge in [0.05, 0.1) is 28.5 Å². The number of nitrogens with two attached hydrogens (primary N) is 1. The van der Waals surface area contributed by atoms with Gasteiger partial charge in [0.1, 0.15) is 16.8 Å². The Morgan fingerprint density at radius 3 is 2.87 bits per heavy atom. The molecule has 1 amide bonds. The van der Waals surface area contributed by atoms with Gasteiger partial charge in [-0.1, -0.05) is 11.6 Å². The molecule has 11 heteroatoms. The number of anilines is 2. The summed E-state index contributed by atoms with van der Waals surface area (Å²) in [6.07, 6.45) is -0.251. The lowest BCUT2D eigenvalue weighted by Gasteiger charge is -2.39. The number of carbonyl (C=O) groups is 1. The molecule has 3 aromatic heterocycles. The number of pyridine rings is 2. The molecule has 1 aliphatic rings. The minimum absolute atomic E-state index is 0.138. The summed E-state index contributed by atoms with van der Waals surface area (Å²) < 4.78 is 45.6. The molecule has 0 aliphatic carbocycles. The molecule has 0 saturated carbocycles. The van der Waals surface area contributed by atoms with Crippen LogP contribution in [0.5, 0.6) is 0 Å². The highest BCUT2D eigenvalue weighted by Gasteiger charge is 2.44. The zero-order valence-corrected chi connectivity index (χ0v) is 17.2. The highest BCUT2D eigenvalue weighted by molar-refractivity contribution is 6.31. The number of alkyl halides is 3. The fourth-order valence-corrected chi connectivity index (χ4v) is 4.00. The van der Waals surface area contributed by atoms with E-state index in [9.17, 15) is 18.0 Å². The number of rotatable bonds is 3. The zero-order valence-electron chi connectivity index (χ0n) is 16.4. The number of aromatic nitrogens is 2. The minimum Gasteiger partial charge on any atom is -0.459 e. The van der Waals surface area contributed by atoms with Crippen molar-refractivity contribution in [2.45, 2.75) is 25.6 Å². The van der Waals surface area contributed by atoms with Crippen LogP contribution in [0, 0.1) is 12.8 Å². The summed E-state index contributed by atoms with van der Waals surface area (Å²) in [6, 6.07) is 2.46. The molecule has 1 aliphatic heterocycles. The van der Waals surface area contributed by atoms with Crippen molar-refractivity contribution in [1.29, 1.82) is 0 Å². The minimum atomic E-state index is -4.35. The number of piperidine rings is 1. The number of hydrogen-bond donors (Lipinski definition) is 2. The summed E-state index contributed by atoms with van der Waals surface area (Å²) in [5.74, 6) is -1.74. The Morgan fingerprint density at radius 1 is 1.35 bits per heavy atom. The molecule has 0 spiro atoms. The Labute approximate surface area is 180 Å². The number of halogens is 4. The lowest BCUT2D eigenvalue weighted by molar-refractivity contribution is -0.177. The van der Waals surface area contributed by atoms with E-state index in [0.29, 0.717) is 27.6 Å². The average Bonchev–Trinajstić information content (AvgIpc) is 3.02. The molecular formula is C20H19ClF3N5O2. The molecule has 4 rings (SSSR count). The van der Waals surface area contributed by atoms with Crippen molar-refractivity contribution >= 4 is 40.0 Å². The van der Waals surface area contributed by atoms with Crippen molar-refractivity contribution < 1.29 is 22.4 Å². The number of nitrogens with one attached hydrogen (secondary N) is 1. The van der Waals surface area contributed by atoms with Crippen LogP contribution in [0.15, 0.2) is 35.1 Å². The van der Waals surface area contributed by atoms with Crippen LogP contribution in [0.3, 0.4) is 0 Å². The summed E-state index contributed by atoms with van der Waals surface area (Å²) >= 11 is 5.92. The van der Waals surface area contributed by atoms with E-state index < -0.39 is 24.0 Å². The van der Waals surface area contributed by atoms with Gasteiger partial charge in [0, 0.05) is 37.6 Å². The van der Waals surface area contributed by atoms with Gasteiger partial charge in [-0.05, 0) is 19.4 Å². The van der Waals surface area contributed by atoms with E-state index >= 15 is 0 Å². The van der Waals surface area contributed by atoms with Crippen molar-refractivity contribution in [3.63, 3.8) is 0 Å². The fourth-order valence-electron chi connectivity index (χ4n) is 3.85. The van der Waals surface area contributed by atoms with E-state index in [4.69, 9.17) is 21.8 Å². The highest BCUT2D eigenvalue weighted by Crippen LogP contribution is 2.37. The lowest BCUT2D eigenvalue weighted by atomic mass is 9.93. The molecule has 2 unspecified atom stereocenters. The van der Waals surface area contributed by atoms with Crippen molar-refractivity contribution in [1.82, 2.24) is 9.97 Å². The van der Waals surface area contributed by atoms with E-state index in [1.54, 1.807) is 19.1 Å². The van der Waals surface area contributed by atoms with Crippen LogP contribution in [-0.4, -0.2) is 41.2 Å². The molecule has 0 aromatic carbocycles. The predicted molar refractivity (Wildman–Crippen MR) is 110 cm³/mol. The Morgan fingerprint density at radius 2 is 2.13 bits per heavy atom. The molecule has 164 valence electrons. The van der Waals surface area contributed by atoms with E-state index in [1.807, 2.05) is 0 Å². The van der Waals surface area contributed by atoms with Crippen LogP contribution in [0.2, 0.25) is 5.02 Å². The van der Waals surface area contributed by atoms with E-state index in [0.717, 1.165) is 0 Å². The first kappa shape index (κ1) is 21.4. The summed E-state index contributed by atoms with van der Waals surface area (Å²) in [7, 11) is 0. The molecule has 2 atom stereocenters. The number of aryl methyl sites for hydroxylation is 1. The molecule has 3 aromatic rings. The van der Waals surface area contributed by atoms with E-state index in [1.165, 1.54) is 23.5 Å². The molecule has 7 nitrogen and oxygen atoms in total. The number of nitrogens with zero attached hydrogens (tertiary/aromatic N) is 3. The van der Waals surface area contributed by atoms with Crippen molar-refractivity contribution in [2.24, 2.45) is 11.7 Å². The van der Waals surface area contributed by atoms with Gasteiger partial charge >= 0.3 is 6.18 Å². The van der Waals surface area contributed by atoms with Crippen molar-refractivity contribution in [2.75, 3.05) is 23.3 Å². The molecule has 3 N–H and O–H groups in total. The van der Waals surface area contributed by atoms with Crippen LogP contribution in [0.1, 0.15) is 22.5 Å². The molecule has 1 saturated heterocycles. The number of furan rings is 1. The first-order chi connectivity index (χ1) is 14.6. The van der Waals surface area contributed by atoms with Crippen LogP contribution in [0.25, 0.3) is 11.1 Å². The Hall–Kier alpha value is -2.85. The smallest absolute Gasteiger partial charge is 0.393 e. The number of hydrogen-bond acceptors (Lipinski definition) is 6. The lowest BCUT2D eigenvalue weighted by Crippen LogP contribution is -2.51. The normalized spacial score (nSPS) is 19.6. The number of fused-ring (bicyclic) bond motifs is 1. The maximum absolute atomic E-state index is 13.3. The molecular weight excluding hydrogens is 435 g/mol. The second kappa shape index (κ2) is 8.01. The molecule has 1 fully saturated rings. The Kier molecular flexibility index (Phi) is 5.52. The van der Waals surface area contributed by atoms with Gasteiger partial charge in [0.2, 0.25) is 0 Å². The summed E-state index contributed by atoms with van der Waals surface area (Å²) in [4.78, 5) is 22.7. The van der Waals surface area contributed by atoms with E-state index in [2.05, 4.69) is 15.3 Å². The maximum Gasteiger partial charge on any atom is 0.393 e. The quantitative estimate of drug-likeness (QED) is 0.618. The van der Waals surface area contributed by atoms with Gasteiger partial charge in [-0.15, -0.1) is 0 Å². The largest absolute Gasteiger partial charge is 0.459 e. The Bertz CT molecular complexity index is 1130. The number of carbonyl (C=O) groups excluding carboxylic acids is 1. The monoisotopic (exact) mass is 453 g/mol. The average molecular weight is 454 g/mol. The molecule has 0 bridgehead atoms. The van der Waals surface area contributed by atoms with Crippen LogP contribution in [0.4, 0.5) is 24.5 Å². The summed E-state index contributed by atoms with van der Waals surface area (Å²) in [5, 5.41) is 3.09. The molecule has 4 heterocycles. The molecule has 0 radical (unpaired) electrons. The second-order valence-corrected chi connectivity index (χ2v) is 7.96. The zero-order chi connectivity index (χ0) is 22.3. The third kappa shape index (κ3) is 4.31. The SMILES string of the molecule is Cc1oc2cc(Cl)cnc2c1C(=O)Nc1cnccc1N1CC(N)CC(C(F)(F)F)C1. The first-order valence-corrected chi connectivity index (χ1v) is 9.88. The third-order valence-corrected chi connectivity index (χ3v) is 5.44. The van der Waals surface area contributed by atoms with Gasteiger partial charge in [0.25, 0.3) is 5.91 Å². The van der Waals surface area contributed by atoms with Gasteiger partial charge in [-0.3, -0.25) is 14.8 Å². The fraction of sp³-hybridized carbons (Fsp3) is 0.350. The summed E-state index contributed by atoms with van der Waals surface area (Å²) in [5.41, 5.74) is 7.48. The van der Waals surface area contributed by atoms with Crippen molar-refractivity contribution in [3.05, 3.63) is 47.1 Å². The predicted octanol–water partition coefficient (Wildman–Crippen LogP) is 4.15. The molecule has 31 heavy (non-hydrogen) atoms. The summed E-state index contributed by atoms with van der Waals surface area (Å²) in [6.45, 7) is 1.59. The van der Waals surface area contributed by atoms with Crippen molar-refractivity contribution in [3.8, 4) is 0 Å². The van der Waals surface area contributed by atoms with Gasteiger partial charge in [-0.25, -0.2) is 0 Å². The van der Waals surface area contributed by atoms with Crippen LogP contribution < -0.4 is 16.0 Å². The van der Waals surface area contributed by atoms with Crippen LogP contribution in [-0.2, 0) is 0 Å². The van der Waals surface area contributed by atoms with Crippen LogP contribution >= 0.6 is 11.6 Å². The van der Waals surface area contributed by atoms with E-state index in [-0.39, 0.29) is 30.8 Å². The second-order valence-electron chi connectivity index (χ2n) is 7.52.